The molecule has 0 bridgehead atoms. The molecule has 9 nitrogen and oxygen atoms in total. The van der Waals surface area contributed by atoms with E-state index in [1.807, 2.05) is 6.07 Å². The largest absolute Gasteiger partial charge is 0.496 e. The Morgan fingerprint density at radius 2 is 1.80 bits per heavy atom. The average molecular weight is 495 g/mol. The Bertz CT molecular complexity index is 1320. The Balaban J connectivity index is 1.57. The van der Waals surface area contributed by atoms with Crippen LogP contribution in [-0.4, -0.2) is 50.3 Å². The number of anilines is 1. The summed E-state index contributed by atoms with van der Waals surface area (Å²) in [6, 6.07) is 14.1. The zero-order valence-corrected chi connectivity index (χ0v) is 20.0. The molecule has 0 aliphatic carbocycles. The standard InChI is InChI=1S/C25H26N4O5S/c1-34-23-11-10-19(15-21(23)25(31)29-13-4-5-14-29)35(32,33)28-22-9-3-2-8-20(22)24(30)27-17-18-7-6-12-26-16-18/h2-3,6-12,15-16,28H,4-5,13-14,17H2,1H3,(H,27,30). The van der Waals surface area contributed by atoms with E-state index in [2.05, 4.69) is 15.0 Å². The van der Waals surface area contributed by atoms with Crippen molar-refractivity contribution in [2.24, 2.45) is 0 Å². The third kappa shape index (κ3) is 5.60. The molecule has 1 fully saturated rings. The minimum Gasteiger partial charge on any atom is -0.496 e. The maximum Gasteiger partial charge on any atom is 0.261 e. The topological polar surface area (TPSA) is 118 Å². The summed E-state index contributed by atoms with van der Waals surface area (Å²) in [7, 11) is -2.67. The first kappa shape index (κ1) is 24.2. The van der Waals surface area contributed by atoms with Crippen molar-refractivity contribution in [2.45, 2.75) is 24.3 Å². The fourth-order valence-electron chi connectivity index (χ4n) is 3.87. The fourth-order valence-corrected chi connectivity index (χ4v) is 4.97. The number of nitrogens with zero attached hydrogens (tertiary/aromatic N) is 2. The molecule has 0 radical (unpaired) electrons. The van der Waals surface area contributed by atoms with Gasteiger partial charge in [-0.15, -0.1) is 0 Å². The summed E-state index contributed by atoms with van der Waals surface area (Å²) in [5, 5.41) is 2.77. The number of ether oxygens (including phenoxy) is 1. The van der Waals surface area contributed by atoms with Crippen molar-refractivity contribution in [1.29, 1.82) is 0 Å². The summed E-state index contributed by atoms with van der Waals surface area (Å²) in [5.74, 6) is -0.408. The van der Waals surface area contributed by atoms with Gasteiger partial charge in [0.15, 0.2) is 0 Å². The number of amides is 2. The number of rotatable bonds is 8. The molecule has 4 rings (SSSR count). The summed E-state index contributed by atoms with van der Waals surface area (Å²) in [6.07, 6.45) is 5.10. The number of hydrogen-bond acceptors (Lipinski definition) is 6. The second kappa shape index (κ2) is 10.6. The number of likely N-dealkylation sites (tertiary alicyclic amines) is 1. The Morgan fingerprint density at radius 3 is 2.51 bits per heavy atom. The van der Waals surface area contributed by atoms with E-state index >= 15 is 0 Å². The van der Waals surface area contributed by atoms with Crippen LogP contribution in [0.15, 0.2) is 71.9 Å². The third-order valence-corrected chi connectivity index (χ3v) is 7.06. The highest BCUT2D eigenvalue weighted by Gasteiger charge is 2.26. The molecular formula is C25H26N4O5S. The van der Waals surface area contributed by atoms with Crippen molar-refractivity contribution in [1.82, 2.24) is 15.2 Å². The van der Waals surface area contributed by atoms with Crippen LogP contribution < -0.4 is 14.8 Å². The van der Waals surface area contributed by atoms with Gasteiger partial charge in [-0.25, -0.2) is 8.42 Å². The first-order chi connectivity index (χ1) is 16.9. The molecule has 2 aromatic carbocycles. The molecule has 35 heavy (non-hydrogen) atoms. The number of hydrogen-bond donors (Lipinski definition) is 2. The lowest BCUT2D eigenvalue weighted by molar-refractivity contribution is 0.0789. The molecule has 10 heteroatoms. The molecule has 0 unspecified atom stereocenters. The minimum atomic E-state index is -4.11. The zero-order chi connectivity index (χ0) is 24.8. The van der Waals surface area contributed by atoms with Gasteiger partial charge >= 0.3 is 0 Å². The number of carbonyl (C=O) groups excluding carboxylic acids is 2. The van der Waals surface area contributed by atoms with Crippen molar-refractivity contribution >= 4 is 27.5 Å². The summed E-state index contributed by atoms with van der Waals surface area (Å²) < 4.78 is 34.3. The van der Waals surface area contributed by atoms with Crippen molar-refractivity contribution in [3.8, 4) is 5.75 Å². The highest BCUT2D eigenvalue weighted by atomic mass is 32.2. The lowest BCUT2D eigenvalue weighted by atomic mass is 10.1. The van der Waals surface area contributed by atoms with Gasteiger partial charge < -0.3 is 15.0 Å². The molecule has 2 N–H and O–H groups in total. The molecule has 2 amide bonds. The predicted molar refractivity (Wildman–Crippen MR) is 131 cm³/mol. The van der Waals surface area contributed by atoms with Crippen LogP contribution in [0, 0.1) is 0 Å². The molecule has 3 aromatic rings. The predicted octanol–water partition coefficient (Wildman–Crippen LogP) is 3.06. The van der Waals surface area contributed by atoms with Crippen molar-refractivity contribution in [2.75, 3.05) is 24.9 Å². The minimum absolute atomic E-state index is 0.105. The van der Waals surface area contributed by atoms with E-state index in [4.69, 9.17) is 4.74 Å². The van der Waals surface area contributed by atoms with Crippen LogP contribution in [0.5, 0.6) is 5.75 Å². The van der Waals surface area contributed by atoms with Gasteiger partial charge in [0, 0.05) is 32.0 Å². The van der Waals surface area contributed by atoms with E-state index in [0.29, 0.717) is 18.8 Å². The lowest BCUT2D eigenvalue weighted by Gasteiger charge is -2.18. The van der Waals surface area contributed by atoms with E-state index < -0.39 is 15.9 Å². The summed E-state index contributed by atoms with van der Waals surface area (Å²) in [6.45, 7) is 1.49. The average Bonchev–Trinajstić information content (AvgIpc) is 3.42. The number of para-hydroxylation sites is 1. The van der Waals surface area contributed by atoms with Gasteiger partial charge in [-0.2, -0.15) is 0 Å². The van der Waals surface area contributed by atoms with Gasteiger partial charge in [0.1, 0.15) is 5.75 Å². The van der Waals surface area contributed by atoms with E-state index in [9.17, 15) is 18.0 Å². The molecule has 0 spiro atoms. The first-order valence-corrected chi connectivity index (χ1v) is 12.6. The van der Waals surface area contributed by atoms with Gasteiger partial charge in [-0.3, -0.25) is 19.3 Å². The van der Waals surface area contributed by atoms with E-state index in [0.717, 1.165) is 18.4 Å². The maximum absolute atomic E-state index is 13.2. The molecule has 182 valence electrons. The van der Waals surface area contributed by atoms with Gasteiger partial charge in [0.05, 0.1) is 28.8 Å². The number of pyridine rings is 1. The Labute approximate surface area is 204 Å². The van der Waals surface area contributed by atoms with Gasteiger partial charge in [0.25, 0.3) is 21.8 Å². The summed E-state index contributed by atoms with van der Waals surface area (Å²) >= 11 is 0. The van der Waals surface area contributed by atoms with E-state index in [1.165, 1.54) is 37.4 Å². The molecule has 0 atom stereocenters. The van der Waals surface area contributed by atoms with Crippen LogP contribution in [0.25, 0.3) is 0 Å². The van der Waals surface area contributed by atoms with Gasteiger partial charge in [-0.1, -0.05) is 18.2 Å². The monoisotopic (exact) mass is 494 g/mol. The van der Waals surface area contributed by atoms with Crippen LogP contribution in [0.1, 0.15) is 39.1 Å². The lowest BCUT2D eigenvalue weighted by Crippen LogP contribution is -2.28. The Morgan fingerprint density at radius 1 is 1.03 bits per heavy atom. The number of methoxy groups -OCH3 is 1. The van der Waals surface area contributed by atoms with Crippen LogP contribution in [-0.2, 0) is 16.6 Å². The number of aromatic nitrogens is 1. The van der Waals surface area contributed by atoms with E-state index in [1.54, 1.807) is 35.5 Å². The molecule has 1 aliphatic rings. The molecule has 1 aliphatic heterocycles. The number of carbonyl (C=O) groups is 2. The van der Waals surface area contributed by atoms with E-state index in [-0.39, 0.29) is 34.2 Å². The first-order valence-electron chi connectivity index (χ1n) is 11.2. The fraction of sp³-hybridized carbons (Fsp3) is 0.240. The van der Waals surface area contributed by atoms with Gasteiger partial charge in [-0.05, 0) is 54.8 Å². The highest BCUT2D eigenvalue weighted by molar-refractivity contribution is 7.92. The van der Waals surface area contributed by atoms with Crippen molar-refractivity contribution in [3.63, 3.8) is 0 Å². The van der Waals surface area contributed by atoms with Crippen LogP contribution in [0.2, 0.25) is 0 Å². The van der Waals surface area contributed by atoms with Crippen LogP contribution in [0.4, 0.5) is 5.69 Å². The second-order valence-electron chi connectivity index (χ2n) is 8.06. The SMILES string of the molecule is COc1ccc(S(=O)(=O)Nc2ccccc2C(=O)NCc2cccnc2)cc1C(=O)N1CCCC1. The quantitative estimate of drug-likeness (QED) is 0.497. The summed E-state index contributed by atoms with van der Waals surface area (Å²) in [4.78, 5) is 31.4. The Kier molecular flexibility index (Phi) is 7.31. The third-order valence-electron chi connectivity index (χ3n) is 5.70. The number of benzene rings is 2. The number of nitrogens with one attached hydrogen (secondary N) is 2. The number of sulfonamides is 1. The molecule has 0 saturated carbocycles. The van der Waals surface area contributed by atoms with Crippen LogP contribution >= 0.6 is 0 Å². The Hall–Kier alpha value is -3.92. The molecular weight excluding hydrogens is 468 g/mol. The molecule has 1 aromatic heterocycles. The molecule has 1 saturated heterocycles. The summed E-state index contributed by atoms with van der Waals surface area (Å²) in [5.41, 5.74) is 1.29. The second-order valence-corrected chi connectivity index (χ2v) is 9.74. The maximum atomic E-state index is 13.2. The smallest absolute Gasteiger partial charge is 0.261 e. The highest BCUT2D eigenvalue weighted by Crippen LogP contribution is 2.27. The van der Waals surface area contributed by atoms with Crippen molar-refractivity contribution in [3.05, 3.63) is 83.7 Å². The van der Waals surface area contributed by atoms with Gasteiger partial charge in [0.2, 0.25) is 0 Å². The molecule has 2 heterocycles. The van der Waals surface area contributed by atoms with Crippen LogP contribution in [0.3, 0.4) is 0 Å². The zero-order valence-electron chi connectivity index (χ0n) is 19.2. The van der Waals surface area contributed by atoms with Crippen molar-refractivity contribution < 1.29 is 22.7 Å². The normalized spacial score (nSPS) is 13.3.